The second-order valence-electron chi connectivity index (χ2n) is 14.2. The summed E-state index contributed by atoms with van der Waals surface area (Å²) in [7, 11) is 0. The third-order valence-corrected chi connectivity index (χ3v) is 10.9. The minimum Gasteiger partial charge on any atom is -0.453 e. The van der Waals surface area contributed by atoms with Gasteiger partial charge in [0, 0.05) is 39.3 Å². The van der Waals surface area contributed by atoms with E-state index >= 15 is 0 Å². The van der Waals surface area contributed by atoms with Crippen molar-refractivity contribution in [3.63, 3.8) is 0 Å². The topological polar surface area (TPSA) is 20.6 Å². The molecule has 4 nitrogen and oxygen atoms in total. The standard InChI is InChI=1S/C52H35N3O/c1-3-16-39(17-4-1)54-47-22-10-9-21-44(47)45-34-38(28-32-48(45)54)36-26-29-41(30-27-36)53(46-24-13-15-37-14-7-8-20-43(37)46)42-31-33-50-52(35-42)56-51-25-12-11-23-49(51)55(50)40-18-5-2-6-19-40/h1-35H. The Morgan fingerprint density at radius 1 is 0.375 bits per heavy atom. The third-order valence-electron chi connectivity index (χ3n) is 10.9. The average molecular weight is 718 g/mol. The van der Waals surface area contributed by atoms with Crippen LogP contribution >= 0.6 is 0 Å². The van der Waals surface area contributed by atoms with Gasteiger partial charge in [0.2, 0.25) is 0 Å². The number of para-hydroxylation sites is 5. The summed E-state index contributed by atoms with van der Waals surface area (Å²) in [4.78, 5) is 4.63. The lowest BCUT2D eigenvalue weighted by atomic mass is 10.0. The van der Waals surface area contributed by atoms with E-state index in [-0.39, 0.29) is 0 Å². The van der Waals surface area contributed by atoms with E-state index in [1.54, 1.807) is 0 Å². The van der Waals surface area contributed by atoms with Gasteiger partial charge >= 0.3 is 0 Å². The lowest BCUT2D eigenvalue weighted by Gasteiger charge is -2.34. The van der Waals surface area contributed by atoms with E-state index in [1.807, 2.05) is 12.1 Å². The lowest BCUT2D eigenvalue weighted by Crippen LogP contribution is -2.17. The van der Waals surface area contributed by atoms with Crippen LogP contribution in [-0.2, 0) is 0 Å². The fourth-order valence-corrected chi connectivity index (χ4v) is 8.38. The number of hydrogen-bond donors (Lipinski definition) is 0. The molecule has 2 heterocycles. The van der Waals surface area contributed by atoms with Crippen molar-refractivity contribution in [1.82, 2.24) is 4.57 Å². The van der Waals surface area contributed by atoms with Crippen LogP contribution in [0.15, 0.2) is 212 Å². The van der Waals surface area contributed by atoms with E-state index in [0.717, 1.165) is 56.9 Å². The van der Waals surface area contributed by atoms with Crippen molar-refractivity contribution >= 4 is 66.7 Å². The Morgan fingerprint density at radius 2 is 1.00 bits per heavy atom. The maximum Gasteiger partial charge on any atom is 0.153 e. The van der Waals surface area contributed by atoms with Gasteiger partial charge < -0.3 is 19.1 Å². The molecule has 0 atom stereocenters. The minimum atomic E-state index is 0.801. The molecule has 0 spiro atoms. The van der Waals surface area contributed by atoms with Crippen LogP contribution in [0, 0.1) is 0 Å². The van der Waals surface area contributed by atoms with Gasteiger partial charge in [-0.15, -0.1) is 0 Å². The molecule has 0 fully saturated rings. The molecule has 1 aliphatic rings. The molecule has 0 saturated carbocycles. The zero-order valence-electron chi connectivity index (χ0n) is 30.5. The van der Waals surface area contributed by atoms with Crippen LogP contribution in [0.3, 0.4) is 0 Å². The predicted molar refractivity (Wildman–Crippen MR) is 233 cm³/mol. The maximum absolute atomic E-state index is 6.68. The van der Waals surface area contributed by atoms with Crippen molar-refractivity contribution in [3.05, 3.63) is 212 Å². The number of hydrogen-bond acceptors (Lipinski definition) is 3. The summed E-state index contributed by atoms with van der Waals surface area (Å²) < 4.78 is 9.04. The SMILES string of the molecule is c1ccc(N2c3ccccc3Oc3cc(N(c4ccc(-c5ccc6c(c5)c5ccccc5n6-c5ccccc5)cc4)c4cccc5ccccc45)ccc32)cc1. The van der Waals surface area contributed by atoms with Gasteiger partial charge in [-0.3, -0.25) is 0 Å². The Kier molecular flexibility index (Phi) is 7.46. The summed E-state index contributed by atoms with van der Waals surface area (Å²) in [5.74, 6) is 1.63. The molecule has 0 N–H and O–H groups in total. The number of nitrogens with zero attached hydrogens (tertiary/aromatic N) is 3. The normalized spacial score (nSPS) is 12.0. The van der Waals surface area contributed by atoms with E-state index in [4.69, 9.17) is 4.74 Å². The molecule has 1 aromatic heterocycles. The maximum atomic E-state index is 6.68. The molecule has 0 unspecified atom stereocenters. The predicted octanol–water partition coefficient (Wildman–Crippen LogP) is 14.6. The van der Waals surface area contributed by atoms with Gasteiger partial charge in [-0.1, -0.05) is 121 Å². The van der Waals surface area contributed by atoms with Crippen molar-refractivity contribution in [2.45, 2.75) is 0 Å². The Balaban J connectivity index is 1.03. The quantitative estimate of drug-likeness (QED) is 0.171. The number of rotatable bonds is 6. The van der Waals surface area contributed by atoms with Gasteiger partial charge in [0.15, 0.2) is 11.5 Å². The van der Waals surface area contributed by atoms with E-state index < -0.39 is 0 Å². The lowest BCUT2D eigenvalue weighted by molar-refractivity contribution is 0.477. The van der Waals surface area contributed by atoms with Gasteiger partial charge in [-0.25, -0.2) is 0 Å². The summed E-state index contributed by atoms with van der Waals surface area (Å²) >= 11 is 0. The van der Waals surface area contributed by atoms with Crippen molar-refractivity contribution in [3.8, 4) is 28.3 Å². The van der Waals surface area contributed by atoms with Crippen LogP contribution in [0.4, 0.5) is 34.1 Å². The highest BCUT2D eigenvalue weighted by molar-refractivity contribution is 6.10. The molecule has 0 aliphatic carbocycles. The largest absolute Gasteiger partial charge is 0.453 e. The first-order valence-electron chi connectivity index (χ1n) is 19.0. The smallest absolute Gasteiger partial charge is 0.153 e. The van der Waals surface area contributed by atoms with E-state index in [1.165, 1.54) is 38.1 Å². The molecule has 11 rings (SSSR count). The van der Waals surface area contributed by atoms with Crippen LogP contribution in [0.25, 0.3) is 49.4 Å². The second-order valence-corrected chi connectivity index (χ2v) is 14.2. The zero-order valence-corrected chi connectivity index (χ0v) is 30.5. The first-order valence-corrected chi connectivity index (χ1v) is 19.0. The molecule has 264 valence electrons. The molecular weight excluding hydrogens is 683 g/mol. The van der Waals surface area contributed by atoms with Crippen LogP contribution < -0.4 is 14.5 Å². The fraction of sp³-hybridized carbons (Fsp3) is 0. The molecule has 0 radical (unpaired) electrons. The van der Waals surface area contributed by atoms with Gasteiger partial charge in [-0.05, 0) is 101 Å². The Bertz CT molecular complexity index is 3060. The average Bonchev–Trinajstić information content (AvgIpc) is 3.60. The molecule has 1 aliphatic heterocycles. The Hall–Kier alpha value is -7.56. The monoisotopic (exact) mass is 717 g/mol. The van der Waals surface area contributed by atoms with Gasteiger partial charge in [-0.2, -0.15) is 0 Å². The van der Waals surface area contributed by atoms with Crippen LogP contribution in [-0.4, -0.2) is 4.57 Å². The minimum absolute atomic E-state index is 0.801. The van der Waals surface area contributed by atoms with E-state index in [9.17, 15) is 0 Å². The van der Waals surface area contributed by atoms with Gasteiger partial charge in [0.1, 0.15) is 0 Å². The highest BCUT2D eigenvalue weighted by Gasteiger charge is 2.27. The summed E-state index contributed by atoms with van der Waals surface area (Å²) in [6.45, 7) is 0. The summed E-state index contributed by atoms with van der Waals surface area (Å²) in [6.07, 6.45) is 0. The number of benzene rings is 9. The van der Waals surface area contributed by atoms with E-state index in [2.05, 4.69) is 215 Å². The number of anilines is 6. The molecule has 0 saturated heterocycles. The Labute approximate surface area is 325 Å². The first kappa shape index (κ1) is 31.9. The van der Waals surface area contributed by atoms with Gasteiger partial charge in [0.05, 0.1) is 33.8 Å². The first-order chi connectivity index (χ1) is 27.8. The highest BCUT2D eigenvalue weighted by Crippen LogP contribution is 2.52. The van der Waals surface area contributed by atoms with Crippen molar-refractivity contribution in [2.24, 2.45) is 0 Å². The van der Waals surface area contributed by atoms with Crippen LogP contribution in [0.2, 0.25) is 0 Å². The molecule has 0 amide bonds. The molecule has 10 aromatic rings. The van der Waals surface area contributed by atoms with Crippen LogP contribution in [0.1, 0.15) is 0 Å². The van der Waals surface area contributed by atoms with Crippen molar-refractivity contribution < 1.29 is 4.74 Å². The van der Waals surface area contributed by atoms with Gasteiger partial charge in [0.25, 0.3) is 0 Å². The summed E-state index contributed by atoms with van der Waals surface area (Å²) in [6, 6.07) is 75.5. The fourth-order valence-electron chi connectivity index (χ4n) is 8.38. The number of fused-ring (bicyclic) bond motifs is 6. The van der Waals surface area contributed by atoms with E-state index in [0.29, 0.717) is 0 Å². The molecule has 56 heavy (non-hydrogen) atoms. The molecule has 9 aromatic carbocycles. The third kappa shape index (κ3) is 5.23. The molecular formula is C52H35N3O. The van der Waals surface area contributed by atoms with Crippen LogP contribution in [0.5, 0.6) is 11.5 Å². The molecule has 0 bridgehead atoms. The highest BCUT2D eigenvalue weighted by atomic mass is 16.5. The molecule has 4 heteroatoms. The number of ether oxygens (including phenoxy) is 1. The summed E-state index contributed by atoms with van der Waals surface area (Å²) in [5.41, 5.74) is 12.2. The number of aromatic nitrogens is 1. The zero-order chi connectivity index (χ0) is 37.0. The summed E-state index contributed by atoms with van der Waals surface area (Å²) in [5, 5.41) is 4.85. The van der Waals surface area contributed by atoms with Crippen molar-refractivity contribution in [1.29, 1.82) is 0 Å². The second kappa shape index (κ2) is 13.1. The van der Waals surface area contributed by atoms with Crippen molar-refractivity contribution in [2.75, 3.05) is 9.80 Å². The Morgan fingerprint density at radius 3 is 1.84 bits per heavy atom.